The Morgan fingerprint density at radius 1 is 1.21 bits per heavy atom. The molecule has 2 aromatic rings. The highest BCUT2D eigenvalue weighted by atomic mass is 32.1. The number of allylic oxidation sites excluding steroid dienone is 2. The van der Waals surface area contributed by atoms with Crippen LogP contribution in [-0.4, -0.2) is 0 Å². The fraction of sp³-hybridized carbons (Fsp3) is 0. The molecular weight excluding hydrogens is 208 g/mol. The van der Waals surface area contributed by atoms with E-state index in [0.29, 0.717) is 0 Å². The lowest BCUT2D eigenvalue weighted by atomic mass is 10.2. The van der Waals surface area contributed by atoms with Gasteiger partial charge in [-0.05, 0) is 28.5 Å². The third-order valence-electron chi connectivity index (χ3n) is 1.81. The SMILES string of the molecule is C=CC=Cc1csc(-c2cccs2)c1. The van der Waals surface area contributed by atoms with Gasteiger partial charge in [0.25, 0.3) is 0 Å². The average Bonchev–Trinajstić information content (AvgIpc) is 2.85. The molecule has 0 unspecified atom stereocenters. The summed E-state index contributed by atoms with van der Waals surface area (Å²) in [6.07, 6.45) is 5.82. The molecule has 0 N–H and O–H groups in total. The van der Waals surface area contributed by atoms with E-state index < -0.39 is 0 Å². The molecular formula is C12H10S2. The highest BCUT2D eigenvalue weighted by Crippen LogP contribution is 2.31. The van der Waals surface area contributed by atoms with E-state index in [9.17, 15) is 0 Å². The highest BCUT2D eigenvalue weighted by molar-refractivity contribution is 7.20. The third-order valence-corrected chi connectivity index (χ3v) is 3.82. The normalized spacial score (nSPS) is 10.9. The van der Waals surface area contributed by atoms with Crippen LogP contribution in [0.3, 0.4) is 0 Å². The van der Waals surface area contributed by atoms with Crippen molar-refractivity contribution in [3.05, 3.63) is 53.3 Å². The van der Waals surface area contributed by atoms with Gasteiger partial charge in [-0.25, -0.2) is 0 Å². The minimum atomic E-state index is 1.25. The molecule has 70 valence electrons. The van der Waals surface area contributed by atoms with Crippen LogP contribution < -0.4 is 0 Å². The third kappa shape index (κ3) is 2.03. The summed E-state index contributed by atoms with van der Waals surface area (Å²) < 4.78 is 0. The topological polar surface area (TPSA) is 0 Å². The molecule has 0 spiro atoms. The van der Waals surface area contributed by atoms with Crippen LogP contribution in [0.5, 0.6) is 0 Å². The first kappa shape index (κ1) is 9.44. The molecule has 0 nitrogen and oxygen atoms in total. The van der Waals surface area contributed by atoms with Crippen molar-refractivity contribution in [2.75, 3.05) is 0 Å². The Morgan fingerprint density at radius 2 is 2.14 bits per heavy atom. The Kier molecular flexibility index (Phi) is 2.96. The Morgan fingerprint density at radius 3 is 2.86 bits per heavy atom. The zero-order valence-corrected chi connectivity index (χ0v) is 9.28. The van der Waals surface area contributed by atoms with Crippen LogP contribution in [0.15, 0.2) is 47.7 Å². The number of rotatable bonds is 3. The van der Waals surface area contributed by atoms with Crippen molar-refractivity contribution in [2.24, 2.45) is 0 Å². The molecule has 0 saturated heterocycles. The van der Waals surface area contributed by atoms with Crippen molar-refractivity contribution in [1.29, 1.82) is 0 Å². The Labute approximate surface area is 91.8 Å². The molecule has 2 heterocycles. The first-order valence-corrected chi connectivity index (χ1v) is 6.07. The van der Waals surface area contributed by atoms with Crippen LogP contribution in [0.4, 0.5) is 0 Å². The van der Waals surface area contributed by atoms with Gasteiger partial charge in [-0.15, -0.1) is 22.7 Å². The van der Waals surface area contributed by atoms with E-state index >= 15 is 0 Å². The fourth-order valence-electron chi connectivity index (χ4n) is 1.17. The molecule has 0 aliphatic heterocycles. The van der Waals surface area contributed by atoms with Crippen molar-refractivity contribution in [3.63, 3.8) is 0 Å². The van der Waals surface area contributed by atoms with Crippen molar-refractivity contribution in [1.82, 2.24) is 0 Å². The van der Waals surface area contributed by atoms with Crippen LogP contribution in [0, 0.1) is 0 Å². The summed E-state index contributed by atoms with van der Waals surface area (Å²) in [6, 6.07) is 6.44. The van der Waals surface area contributed by atoms with Gasteiger partial charge in [0.15, 0.2) is 0 Å². The molecule has 0 aliphatic rings. The van der Waals surface area contributed by atoms with Gasteiger partial charge in [0.05, 0.1) is 0 Å². The number of hydrogen-bond donors (Lipinski definition) is 0. The first-order valence-electron chi connectivity index (χ1n) is 4.31. The van der Waals surface area contributed by atoms with E-state index in [-0.39, 0.29) is 0 Å². The van der Waals surface area contributed by atoms with Gasteiger partial charge >= 0.3 is 0 Å². The van der Waals surface area contributed by atoms with E-state index in [0.717, 1.165) is 0 Å². The predicted molar refractivity (Wildman–Crippen MR) is 66.9 cm³/mol. The molecule has 0 radical (unpaired) electrons. The maximum Gasteiger partial charge on any atom is 0.0448 e. The summed E-state index contributed by atoms with van der Waals surface area (Å²) in [7, 11) is 0. The molecule has 0 aliphatic carbocycles. The smallest absolute Gasteiger partial charge is 0.0448 e. The maximum atomic E-state index is 3.65. The highest BCUT2D eigenvalue weighted by Gasteiger charge is 2.00. The van der Waals surface area contributed by atoms with Gasteiger partial charge in [0.2, 0.25) is 0 Å². The summed E-state index contributed by atoms with van der Waals surface area (Å²) in [4.78, 5) is 2.68. The Hall–Kier alpha value is -1.12. The van der Waals surface area contributed by atoms with Crippen LogP contribution in [-0.2, 0) is 0 Å². The zero-order valence-electron chi connectivity index (χ0n) is 7.64. The van der Waals surface area contributed by atoms with Crippen LogP contribution >= 0.6 is 22.7 Å². The van der Waals surface area contributed by atoms with Crippen molar-refractivity contribution in [2.45, 2.75) is 0 Å². The summed E-state index contributed by atoms with van der Waals surface area (Å²) in [6.45, 7) is 3.65. The van der Waals surface area contributed by atoms with Crippen molar-refractivity contribution >= 4 is 28.7 Å². The van der Waals surface area contributed by atoms with Gasteiger partial charge in [-0.1, -0.05) is 30.9 Å². The summed E-state index contributed by atoms with van der Waals surface area (Å²) in [5, 5.41) is 4.27. The standard InChI is InChI=1S/C12H10S2/c1-2-3-5-10-8-12(14-9-10)11-6-4-7-13-11/h2-9H,1H2. The Balaban J connectivity index is 2.26. The largest absolute Gasteiger partial charge is 0.143 e. The lowest BCUT2D eigenvalue weighted by Crippen LogP contribution is -1.61. The maximum absolute atomic E-state index is 3.65. The molecule has 14 heavy (non-hydrogen) atoms. The van der Waals surface area contributed by atoms with Gasteiger partial charge < -0.3 is 0 Å². The zero-order chi connectivity index (χ0) is 9.80. The quantitative estimate of drug-likeness (QED) is 0.656. The summed E-state index contributed by atoms with van der Waals surface area (Å²) >= 11 is 3.56. The van der Waals surface area contributed by atoms with Gasteiger partial charge in [-0.2, -0.15) is 0 Å². The summed E-state index contributed by atoms with van der Waals surface area (Å²) in [5.41, 5.74) is 1.25. The number of hydrogen-bond acceptors (Lipinski definition) is 2. The van der Waals surface area contributed by atoms with E-state index in [1.165, 1.54) is 15.3 Å². The van der Waals surface area contributed by atoms with Crippen LogP contribution in [0.25, 0.3) is 15.8 Å². The molecule has 2 aromatic heterocycles. The predicted octanol–water partition coefficient (Wildman–Crippen LogP) is 4.68. The second-order valence-electron chi connectivity index (χ2n) is 2.82. The Bertz CT molecular complexity index is 433. The lowest BCUT2D eigenvalue weighted by molar-refractivity contribution is 1.85. The second-order valence-corrected chi connectivity index (χ2v) is 4.68. The van der Waals surface area contributed by atoms with E-state index in [1.54, 1.807) is 28.7 Å². The van der Waals surface area contributed by atoms with Crippen molar-refractivity contribution < 1.29 is 0 Å². The molecule has 0 atom stereocenters. The molecule has 0 aromatic carbocycles. The fourth-order valence-corrected chi connectivity index (χ4v) is 2.89. The van der Waals surface area contributed by atoms with E-state index in [2.05, 4.69) is 41.6 Å². The van der Waals surface area contributed by atoms with Crippen LogP contribution in [0.1, 0.15) is 5.56 Å². The first-order chi connectivity index (χ1) is 6.90. The molecule has 2 rings (SSSR count). The van der Waals surface area contributed by atoms with E-state index in [4.69, 9.17) is 0 Å². The summed E-state index contributed by atoms with van der Waals surface area (Å²) in [5.74, 6) is 0. The molecule has 0 saturated carbocycles. The lowest BCUT2D eigenvalue weighted by Gasteiger charge is -1.86. The van der Waals surface area contributed by atoms with Crippen LogP contribution in [0.2, 0.25) is 0 Å². The number of thiophene rings is 2. The van der Waals surface area contributed by atoms with Gasteiger partial charge in [0.1, 0.15) is 0 Å². The average molecular weight is 218 g/mol. The monoisotopic (exact) mass is 218 g/mol. The molecule has 0 amide bonds. The minimum Gasteiger partial charge on any atom is -0.143 e. The minimum absolute atomic E-state index is 1.25. The van der Waals surface area contributed by atoms with Crippen molar-refractivity contribution in [3.8, 4) is 9.75 Å². The molecule has 0 bridgehead atoms. The van der Waals surface area contributed by atoms with Gasteiger partial charge in [0, 0.05) is 9.75 Å². The molecule has 2 heteroatoms. The second kappa shape index (κ2) is 4.40. The van der Waals surface area contributed by atoms with E-state index in [1.807, 2.05) is 6.08 Å². The van der Waals surface area contributed by atoms with Gasteiger partial charge in [-0.3, -0.25) is 0 Å². The molecule has 0 fully saturated rings.